The molecule has 1 amide bonds. The van der Waals surface area contributed by atoms with Gasteiger partial charge in [0.2, 0.25) is 5.91 Å². The van der Waals surface area contributed by atoms with E-state index >= 15 is 0 Å². The lowest BCUT2D eigenvalue weighted by atomic mass is 10.0. The Bertz CT molecular complexity index is 165. The highest BCUT2D eigenvalue weighted by molar-refractivity contribution is 5.79. The molecule has 0 bridgehead atoms. The molecule has 1 N–H and O–H groups in total. The Morgan fingerprint density at radius 1 is 1.29 bits per heavy atom. The van der Waals surface area contributed by atoms with Gasteiger partial charge in [-0.3, -0.25) is 4.79 Å². The lowest BCUT2D eigenvalue weighted by Gasteiger charge is -2.29. The zero-order valence-corrected chi connectivity index (χ0v) is 9.79. The molecule has 0 spiro atoms. The molecule has 0 aromatic rings. The molecule has 0 aliphatic carbocycles. The van der Waals surface area contributed by atoms with Gasteiger partial charge < -0.3 is 10.0 Å². The van der Waals surface area contributed by atoms with Crippen LogP contribution in [0.4, 0.5) is 0 Å². The first-order valence-corrected chi connectivity index (χ1v) is 5.49. The second kappa shape index (κ2) is 6.82. The van der Waals surface area contributed by atoms with Gasteiger partial charge in [-0.2, -0.15) is 0 Å². The van der Waals surface area contributed by atoms with Crippen LogP contribution in [0.3, 0.4) is 0 Å². The van der Waals surface area contributed by atoms with Crippen LogP contribution in [0.5, 0.6) is 0 Å². The fourth-order valence-corrected chi connectivity index (χ4v) is 1.60. The minimum atomic E-state index is 0.0457. The molecule has 3 nitrogen and oxygen atoms in total. The molecule has 0 saturated heterocycles. The second-order valence-electron chi connectivity index (χ2n) is 3.86. The Balaban J connectivity index is 4.40. The minimum absolute atomic E-state index is 0.0457. The van der Waals surface area contributed by atoms with Gasteiger partial charge >= 0.3 is 0 Å². The summed E-state index contributed by atoms with van der Waals surface area (Å²) in [6, 6.07) is 0.176. The van der Waals surface area contributed by atoms with Gasteiger partial charge in [0.15, 0.2) is 0 Å². The van der Waals surface area contributed by atoms with Crippen LogP contribution >= 0.6 is 0 Å². The van der Waals surface area contributed by atoms with Crippen molar-refractivity contribution in [2.24, 2.45) is 5.92 Å². The van der Waals surface area contributed by atoms with Crippen molar-refractivity contribution < 1.29 is 9.90 Å². The van der Waals surface area contributed by atoms with Gasteiger partial charge in [0.1, 0.15) is 0 Å². The van der Waals surface area contributed by atoms with Crippen molar-refractivity contribution in [3.8, 4) is 0 Å². The summed E-state index contributed by atoms with van der Waals surface area (Å²) in [5.41, 5.74) is 0. The monoisotopic (exact) mass is 201 g/mol. The van der Waals surface area contributed by atoms with Crippen molar-refractivity contribution in [3.05, 3.63) is 0 Å². The summed E-state index contributed by atoms with van der Waals surface area (Å²) in [7, 11) is 0. The van der Waals surface area contributed by atoms with E-state index in [2.05, 4.69) is 0 Å². The van der Waals surface area contributed by atoms with Crippen LogP contribution in [0.25, 0.3) is 0 Å². The highest BCUT2D eigenvalue weighted by Crippen LogP contribution is 2.13. The third-order valence-electron chi connectivity index (χ3n) is 2.58. The number of nitrogens with zero attached hydrogens (tertiary/aromatic N) is 1. The van der Waals surface area contributed by atoms with Gasteiger partial charge in [-0.05, 0) is 26.7 Å². The minimum Gasteiger partial charge on any atom is -0.395 e. The zero-order valence-electron chi connectivity index (χ0n) is 9.79. The Labute approximate surface area is 87.1 Å². The van der Waals surface area contributed by atoms with Crippen LogP contribution < -0.4 is 0 Å². The van der Waals surface area contributed by atoms with Gasteiger partial charge in [0.25, 0.3) is 0 Å². The summed E-state index contributed by atoms with van der Waals surface area (Å²) in [6.45, 7) is 8.52. The first-order valence-electron chi connectivity index (χ1n) is 5.49. The molecule has 14 heavy (non-hydrogen) atoms. The normalized spacial score (nSPS) is 11.1. The molecule has 0 radical (unpaired) electrons. The van der Waals surface area contributed by atoms with E-state index in [0.29, 0.717) is 6.54 Å². The Morgan fingerprint density at radius 3 is 2.07 bits per heavy atom. The average molecular weight is 201 g/mol. The van der Waals surface area contributed by atoms with Crippen molar-refractivity contribution in [3.63, 3.8) is 0 Å². The molecule has 0 fully saturated rings. The molecule has 0 atom stereocenters. The zero-order chi connectivity index (χ0) is 11.1. The number of hydrogen-bond donors (Lipinski definition) is 1. The third-order valence-corrected chi connectivity index (χ3v) is 2.58. The summed E-state index contributed by atoms with van der Waals surface area (Å²) in [6.07, 6.45) is 1.76. The van der Waals surface area contributed by atoms with E-state index in [-0.39, 0.29) is 24.5 Å². The van der Waals surface area contributed by atoms with E-state index in [1.807, 2.05) is 27.7 Å². The van der Waals surface area contributed by atoms with Crippen molar-refractivity contribution in [2.75, 3.05) is 13.2 Å². The number of rotatable bonds is 6. The molecule has 3 heteroatoms. The highest BCUT2D eigenvalue weighted by Gasteiger charge is 2.22. The Hall–Kier alpha value is -0.570. The smallest absolute Gasteiger partial charge is 0.225 e. The molecule has 0 aromatic heterocycles. The SMILES string of the molecule is CCC(CC)C(=O)N(CCO)C(C)C. The van der Waals surface area contributed by atoms with Crippen molar-refractivity contribution in [2.45, 2.75) is 46.6 Å². The first-order chi connectivity index (χ1) is 6.58. The van der Waals surface area contributed by atoms with E-state index in [1.165, 1.54) is 0 Å². The van der Waals surface area contributed by atoms with Crippen LogP contribution in [-0.4, -0.2) is 35.1 Å². The first kappa shape index (κ1) is 13.4. The van der Waals surface area contributed by atoms with Gasteiger partial charge in [0.05, 0.1) is 6.61 Å². The molecule has 0 rings (SSSR count). The average Bonchev–Trinajstić information content (AvgIpc) is 2.15. The van der Waals surface area contributed by atoms with Crippen molar-refractivity contribution in [1.29, 1.82) is 0 Å². The maximum absolute atomic E-state index is 12.0. The Morgan fingerprint density at radius 2 is 1.79 bits per heavy atom. The van der Waals surface area contributed by atoms with Gasteiger partial charge in [0, 0.05) is 18.5 Å². The maximum atomic E-state index is 12.0. The van der Waals surface area contributed by atoms with Gasteiger partial charge in [-0.15, -0.1) is 0 Å². The van der Waals surface area contributed by atoms with Crippen molar-refractivity contribution in [1.82, 2.24) is 4.90 Å². The molecule has 0 saturated carbocycles. The third kappa shape index (κ3) is 3.66. The van der Waals surface area contributed by atoms with Gasteiger partial charge in [-0.1, -0.05) is 13.8 Å². The number of aliphatic hydroxyl groups excluding tert-OH is 1. The molecule has 0 aliphatic heterocycles. The van der Waals surface area contributed by atoms with E-state index in [4.69, 9.17) is 5.11 Å². The van der Waals surface area contributed by atoms with Gasteiger partial charge in [-0.25, -0.2) is 0 Å². The highest BCUT2D eigenvalue weighted by atomic mass is 16.3. The number of hydrogen-bond acceptors (Lipinski definition) is 2. The molecule has 0 unspecified atom stereocenters. The van der Waals surface area contributed by atoms with E-state index < -0.39 is 0 Å². The summed E-state index contributed by atoms with van der Waals surface area (Å²) >= 11 is 0. The number of aliphatic hydroxyl groups is 1. The summed E-state index contributed by atoms with van der Waals surface area (Å²) < 4.78 is 0. The van der Waals surface area contributed by atoms with Crippen LogP contribution in [0.2, 0.25) is 0 Å². The Kier molecular flexibility index (Phi) is 6.54. The molecule has 0 aliphatic rings. The van der Waals surface area contributed by atoms with E-state index in [0.717, 1.165) is 12.8 Å². The predicted molar refractivity (Wildman–Crippen MR) is 58.0 cm³/mol. The number of amides is 1. The van der Waals surface area contributed by atoms with E-state index in [9.17, 15) is 4.79 Å². The lowest BCUT2D eigenvalue weighted by Crippen LogP contribution is -2.42. The van der Waals surface area contributed by atoms with Crippen LogP contribution in [0.15, 0.2) is 0 Å². The lowest BCUT2D eigenvalue weighted by molar-refractivity contribution is -0.138. The fourth-order valence-electron chi connectivity index (χ4n) is 1.60. The van der Waals surface area contributed by atoms with Crippen LogP contribution in [-0.2, 0) is 4.79 Å². The van der Waals surface area contributed by atoms with Crippen molar-refractivity contribution >= 4 is 5.91 Å². The molecular formula is C11H23NO2. The molecular weight excluding hydrogens is 178 g/mol. The number of carbonyl (C=O) groups is 1. The predicted octanol–water partition coefficient (Wildman–Crippen LogP) is 1.65. The number of carbonyl (C=O) groups excluding carboxylic acids is 1. The molecule has 0 heterocycles. The maximum Gasteiger partial charge on any atom is 0.225 e. The van der Waals surface area contributed by atoms with E-state index in [1.54, 1.807) is 4.90 Å². The summed E-state index contributed by atoms with van der Waals surface area (Å²) in [5.74, 6) is 0.294. The molecule has 84 valence electrons. The summed E-state index contributed by atoms with van der Waals surface area (Å²) in [5, 5.41) is 8.87. The molecule has 0 aromatic carbocycles. The second-order valence-corrected chi connectivity index (χ2v) is 3.86. The van der Waals surface area contributed by atoms with Crippen LogP contribution in [0, 0.1) is 5.92 Å². The van der Waals surface area contributed by atoms with Crippen LogP contribution in [0.1, 0.15) is 40.5 Å². The summed E-state index contributed by atoms with van der Waals surface area (Å²) in [4.78, 5) is 13.7. The largest absolute Gasteiger partial charge is 0.395 e. The topological polar surface area (TPSA) is 40.5 Å². The fraction of sp³-hybridized carbons (Fsp3) is 0.909. The quantitative estimate of drug-likeness (QED) is 0.710. The standard InChI is InChI=1S/C11H23NO2/c1-5-10(6-2)11(14)12(7-8-13)9(3)4/h9-10,13H,5-8H2,1-4H3.